The molecular formula is C11H18O2. The van der Waals surface area contributed by atoms with Crippen LogP contribution in [0.25, 0.3) is 0 Å². The van der Waals surface area contributed by atoms with Gasteiger partial charge in [0.15, 0.2) is 0 Å². The molecule has 0 aromatic rings. The van der Waals surface area contributed by atoms with Crippen molar-refractivity contribution in [2.75, 3.05) is 6.61 Å². The van der Waals surface area contributed by atoms with Crippen molar-refractivity contribution < 1.29 is 9.53 Å². The third-order valence-corrected chi connectivity index (χ3v) is 3.73. The molecule has 0 aromatic carbocycles. The molecular weight excluding hydrogens is 164 g/mol. The number of rotatable bonds is 0. The lowest BCUT2D eigenvalue weighted by Crippen LogP contribution is -2.37. The minimum Gasteiger partial charge on any atom is -0.465 e. The lowest BCUT2D eigenvalue weighted by molar-refractivity contribution is -0.156. The van der Waals surface area contributed by atoms with Crippen LogP contribution in [-0.4, -0.2) is 12.6 Å². The fraction of sp³-hybridized carbons (Fsp3) is 0.909. The molecule has 1 spiro atoms. The molecule has 74 valence electrons. The molecule has 1 aliphatic carbocycles. The molecule has 2 heteroatoms. The Morgan fingerprint density at radius 3 is 2.54 bits per heavy atom. The van der Waals surface area contributed by atoms with Crippen molar-refractivity contribution in [3.63, 3.8) is 0 Å². The molecule has 2 fully saturated rings. The predicted octanol–water partition coefficient (Wildman–Crippen LogP) is 2.52. The topological polar surface area (TPSA) is 26.3 Å². The summed E-state index contributed by atoms with van der Waals surface area (Å²) in [5, 5.41) is 0. The molecule has 0 radical (unpaired) electrons. The standard InChI is InChI=1S/C11H18O2/c1-9-2-5-11(6-3-9)7-4-10(12)13-8-11/h9H,2-8H2,1H3. The van der Waals surface area contributed by atoms with Crippen LogP contribution in [0.1, 0.15) is 45.4 Å². The van der Waals surface area contributed by atoms with E-state index in [1.165, 1.54) is 25.7 Å². The number of ether oxygens (including phenoxy) is 1. The Kier molecular flexibility index (Phi) is 2.31. The first-order valence-corrected chi connectivity index (χ1v) is 5.36. The van der Waals surface area contributed by atoms with Crippen molar-refractivity contribution in [2.45, 2.75) is 45.4 Å². The van der Waals surface area contributed by atoms with E-state index in [1.807, 2.05) is 0 Å². The van der Waals surface area contributed by atoms with Crippen LogP contribution < -0.4 is 0 Å². The second-order valence-corrected chi connectivity index (χ2v) is 4.84. The van der Waals surface area contributed by atoms with Crippen LogP contribution in [0.5, 0.6) is 0 Å². The first-order valence-electron chi connectivity index (χ1n) is 5.36. The van der Waals surface area contributed by atoms with Crippen LogP contribution in [-0.2, 0) is 9.53 Å². The van der Waals surface area contributed by atoms with Gasteiger partial charge >= 0.3 is 5.97 Å². The van der Waals surface area contributed by atoms with Gasteiger partial charge in [-0.15, -0.1) is 0 Å². The van der Waals surface area contributed by atoms with Crippen LogP contribution >= 0.6 is 0 Å². The van der Waals surface area contributed by atoms with E-state index in [9.17, 15) is 4.79 Å². The Labute approximate surface area is 79.7 Å². The van der Waals surface area contributed by atoms with Crippen molar-refractivity contribution >= 4 is 5.97 Å². The number of hydrogen-bond acceptors (Lipinski definition) is 2. The third kappa shape index (κ3) is 1.87. The van der Waals surface area contributed by atoms with Crippen LogP contribution in [0.2, 0.25) is 0 Å². The van der Waals surface area contributed by atoms with Gasteiger partial charge in [-0.1, -0.05) is 19.8 Å². The largest absolute Gasteiger partial charge is 0.465 e. The normalized spacial score (nSPS) is 40.4. The second kappa shape index (κ2) is 3.32. The number of hydrogen-bond donors (Lipinski definition) is 0. The van der Waals surface area contributed by atoms with Gasteiger partial charge in [-0.05, 0) is 25.2 Å². The highest BCUT2D eigenvalue weighted by molar-refractivity contribution is 5.70. The molecule has 0 N–H and O–H groups in total. The molecule has 0 unspecified atom stereocenters. The number of esters is 1. The molecule has 1 heterocycles. The molecule has 1 aliphatic heterocycles. The summed E-state index contributed by atoms with van der Waals surface area (Å²) in [7, 11) is 0. The fourth-order valence-corrected chi connectivity index (χ4v) is 2.51. The summed E-state index contributed by atoms with van der Waals surface area (Å²) in [6.07, 6.45) is 6.88. The Morgan fingerprint density at radius 1 is 1.31 bits per heavy atom. The first kappa shape index (κ1) is 9.04. The molecule has 0 aromatic heterocycles. The van der Waals surface area contributed by atoms with Crippen LogP contribution in [0.3, 0.4) is 0 Å². The van der Waals surface area contributed by atoms with Gasteiger partial charge in [0, 0.05) is 11.8 Å². The summed E-state index contributed by atoms with van der Waals surface area (Å²) in [5.41, 5.74) is 0.375. The molecule has 0 atom stereocenters. The summed E-state index contributed by atoms with van der Waals surface area (Å²) >= 11 is 0. The lowest BCUT2D eigenvalue weighted by atomic mass is 9.68. The fourth-order valence-electron chi connectivity index (χ4n) is 2.51. The zero-order valence-corrected chi connectivity index (χ0v) is 8.34. The maximum absolute atomic E-state index is 10.9. The molecule has 1 saturated heterocycles. The van der Waals surface area contributed by atoms with E-state index >= 15 is 0 Å². The quantitative estimate of drug-likeness (QED) is 0.538. The molecule has 0 bridgehead atoms. The van der Waals surface area contributed by atoms with Crippen molar-refractivity contribution in [2.24, 2.45) is 11.3 Å². The Hall–Kier alpha value is -0.530. The van der Waals surface area contributed by atoms with Crippen LogP contribution in [0.4, 0.5) is 0 Å². The average molecular weight is 182 g/mol. The smallest absolute Gasteiger partial charge is 0.305 e. The molecule has 13 heavy (non-hydrogen) atoms. The molecule has 0 amide bonds. The monoisotopic (exact) mass is 182 g/mol. The summed E-state index contributed by atoms with van der Waals surface area (Å²) < 4.78 is 5.17. The third-order valence-electron chi connectivity index (χ3n) is 3.73. The van der Waals surface area contributed by atoms with Crippen molar-refractivity contribution in [1.82, 2.24) is 0 Å². The van der Waals surface area contributed by atoms with E-state index in [-0.39, 0.29) is 5.97 Å². The van der Waals surface area contributed by atoms with E-state index in [1.54, 1.807) is 0 Å². The van der Waals surface area contributed by atoms with Gasteiger partial charge in [0.1, 0.15) is 0 Å². The number of carbonyl (C=O) groups excluding carboxylic acids is 1. The average Bonchev–Trinajstić information content (AvgIpc) is 2.16. The highest BCUT2D eigenvalue weighted by Crippen LogP contribution is 2.44. The maximum atomic E-state index is 10.9. The van der Waals surface area contributed by atoms with E-state index in [2.05, 4.69) is 6.92 Å². The first-order chi connectivity index (χ1) is 6.20. The maximum Gasteiger partial charge on any atom is 0.305 e. The van der Waals surface area contributed by atoms with E-state index in [0.717, 1.165) is 12.3 Å². The molecule has 2 nitrogen and oxygen atoms in total. The van der Waals surface area contributed by atoms with Crippen LogP contribution in [0.15, 0.2) is 0 Å². The van der Waals surface area contributed by atoms with Gasteiger partial charge in [-0.25, -0.2) is 0 Å². The summed E-state index contributed by atoms with van der Waals surface area (Å²) in [6.45, 7) is 3.01. The van der Waals surface area contributed by atoms with E-state index in [4.69, 9.17) is 4.74 Å². The van der Waals surface area contributed by atoms with Gasteiger partial charge in [0.05, 0.1) is 6.61 Å². The Morgan fingerprint density at radius 2 is 2.00 bits per heavy atom. The Bertz CT molecular complexity index is 190. The SMILES string of the molecule is CC1CCC2(CCC(=O)OC2)CC1. The minimum atomic E-state index is 0.00393. The van der Waals surface area contributed by atoms with Crippen molar-refractivity contribution in [3.05, 3.63) is 0 Å². The van der Waals surface area contributed by atoms with Crippen LogP contribution in [0, 0.1) is 11.3 Å². The zero-order valence-electron chi connectivity index (χ0n) is 8.34. The summed E-state index contributed by atoms with van der Waals surface area (Å²) in [6, 6.07) is 0. The minimum absolute atomic E-state index is 0.00393. The summed E-state index contributed by atoms with van der Waals surface area (Å²) in [5.74, 6) is 0.882. The van der Waals surface area contributed by atoms with E-state index in [0.29, 0.717) is 18.4 Å². The second-order valence-electron chi connectivity index (χ2n) is 4.84. The summed E-state index contributed by atoms with van der Waals surface area (Å²) in [4.78, 5) is 10.9. The van der Waals surface area contributed by atoms with Crippen molar-refractivity contribution in [3.8, 4) is 0 Å². The van der Waals surface area contributed by atoms with Crippen molar-refractivity contribution in [1.29, 1.82) is 0 Å². The highest BCUT2D eigenvalue weighted by atomic mass is 16.5. The van der Waals surface area contributed by atoms with Gasteiger partial charge < -0.3 is 4.74 Å². The number of carbonyl (C=O) groups is 1. The van der Waals surface area contributed by atoms with Gasteiger partial charge in [0.25, 0.3) is 0 Å². The van der Waals surface area contributed by atoms with Gasteiger partial charge in [-0.2, -0.15) is 0 Å². The van der Waals surface area contributed by atoms with Gasteiger partial charge in [0.2, 0.25) is 0 Å². The number of cyclic esters (lactones) is 1. The zero-order chi connectivity index (χ0) is 9.31. The molecule has 1 saturated carbocycles. The molecule has 2 aliphatic rings. The Balaban J connectivity index is 1.94. The van der Waals surface area contributed by atoms with E-state index < -0.39 is 0 Å². The lowest BCUT2D eigenvalue weighted by Gasteiger charge is -2.41. The highest BCUT2D eigenvalue weighted by Gasteiger charge is 2.38. The van der Waals surface area contributed by atoms with Gasteiger partial charge in [-0.3, -0.25) is 4.79 Å². The predicted molar refractivity (Wildman–Crippen MR) is 50.3 cm³/mol. The molecule has 2 rings (SSSR count).